The van der Waals surface area contributed by atoms with Crippen molar-refractivity contribution in [2.45, 2.75) is 33.4 Å². The first-order chi connectivity index (χ1) is 9.36. The summed E-state index contributed by atoms with van der Waals surface area (Å²) in [6.45, 7) is 6.85. The highest BCUT2D eigenvalue weighted by Gasteiger charge is 2.18. The van der Waals surface area contributed by atoms with E-state index in [-0.39, 0.29) is 11.9 Å². The van der Waals surface area contributed by atoms with Crippen LogP contribution in [0.3, 0.4) is 0 Å². The van der Waals surface area contributed by atoms with Crippen LogP contribution in [0.2, 0.25) is 5.02 Å². The maximum absolute atomic E-state index is 13.4. The molecule has 108 valence electrons. The Kier molecular flexibility index (Phi) is 4.78. The van der Waals surface area contributed by atoms with E-state index in [1.54, 1.807) is 17.4 Å². The third-order valence-electron chi connectivity index (χ3n) is 3.35. The maximum Gasteiger partial charge on any atom is 0.125 e. The molecule has 0 bridgehead atoms. The van der Waals surface area contributed by atoms with E-state index in [2.05, 4.69) is 23.7 Å². The standard InChI is InChI=1S/C15H18ClFN2S/c1-9(15-10(2)20-11(3)18-15)19(4)8-12-5-13(16)7-14(17)6-12/h5-7,9H,8H2,1-4H3. The van der Waals surface area contributed by atoms with Crippen LogP contribution in [0.25, 0.3) is 0 Å². The van der Waals surface area contributed by atoms with Crippen LogP contribution in [0.4, 0.5) is 4.39 Å². The largest absolute Gasteiger partial charge is 0.294 e. The van der Waals surface area contributed by atoms with Gasteiger partial charge in [-0.15, -0.1) is 11.3 Å². The number of thiazole rings is 1. The Balaban J connectivity index is 2.15. The van der Waals surface area contributed by atoms with Gasteiger partial charge in [-0.05, 0) is 51.6 Å². The van der Waals surface area contributed by atoms with Crippen LogP contribution < -0.4 is 0 Å². The summed E-state index contributed by atoms with van der Waals surface area (Å²) in [4.78, 5) is 7.97. The summed E-state index contributed by atoms with van der Waals surface area (Å²) in [5.41, 5.74) is 1.96. The monoisotopic (exact) mass is 312 g/mol. The van der Waals surface area contributed by atoms with Crippen molar-refractivity contribution in [1.82, 2.24) is 9.88 Å². The number of nitrogens with zero attached hydrogens (tertiary/aromatic N) is 2. The Morgan fingerprint density at radius 3 is 2.60 bits per heavy atom. The third kappa shape index (κ3) is 3.57. The van der Waals surface area contributed by atoms with Crippen LogP contribution in [0.5, 0.6) is 0 Å². The first-order valence-electron chi connectivity index (χ1n) is 6.46. The van der Waals surface area contributed by atoms with E-state index in [1.807, 2.05) is 14.0 Å². The van der Waals surface area contributed by atoms with Gasteiger partial charge < -0.3 is 0 Å². The van der Waals surface area contributed by atoms with Crippen molar-refractivity contribution < 1.29 is 4.39 Å². The van der Waals surface area contributed by atoms with E-state index < -0.39 is 0 Å². The van der Waals surface area contributed by atoms with Crippen molar-refractivity contribution in [3.63, 3.8) is 0 Å². The lowest BCUT2D eigenvalue weighted by Crippen LogP contribution is -2.22. The van der Waals surface area contributed by atoms with E-state index in [4.69, 9.17) is 11.6 Å². The summed E-state index contributed by atoms with van der Waals surface area (Å²) < 4.78 is 13.4. The van der Waals surface area contributed by atoms with Crippen molar-refractivity contribution in [1.29, 1.82) is 0 Å². The molecule has 1 heterocycles. The molecule has 0 aliphatic carbocycles. The number of rotatable bonds is 4. The second-order valence-electron chi connectivity index (χ2n) is 5.04. The van der Waals surface area contributed by atoms with E-state index in [0.717, 1.165) is 16.3 Å². The van der Waals surface area contributed by atoms with Crippen molar-refractivity contribution in [3.8, 4) is 0 Å². The van der Waals surface area contributed by atoms with Crippen molar-refractivity contribution in [3.05, 3.63) is 50.2 Å². The van der Waals surface area contributed by atoms with Crippen molar-refractivity contribution in [2.24, 2.45) is 0 Å². The van der Waals surface area contributed by atoms with Gasteiger partial charge in [0.15, 0.2) is 0 Å². The molecule has 1 aromatic heterocycles. The average molecular weight is 313 g/mol. The molecule has 0 amide bonds. The lowest BCUT2D eigenvalue weighted by molar-refractivity contribution is 0.248. The molecular weight excluding hydrogens is 295 g/mol. The summed E-state index contributed by atoms with van der Waals surface area (Å²) in [6.07, 6.45) is 0. The highest BCUT2D eigenvalue weighted by molar-refractivity contribution is 7.11. The molecule has 0 aliphatic heterocycles. The number of hydrogen-bond acceptors (Lipinski definition) is 3. The predicted molar refractivity (Wildman–Crippen MR) is 82.9 cm³/mol. The highest BCUT2D eigenvalue weighted by atomic mass is 35.5. The molecule has 2 rings (SSSR count). The zero-order chi connectivity index (χ0) is 14.9. The van der Waals surface area contributed by atoms with Crippen molar-refractivity contribution >= 4 is 22.9 Å². The highest BCUT2D eigenvalue weighted by Crippen LogP contribution is 2.27. The Hall–Kier alpha value is -0.970. The summed E-state index contributed by atoms with van der Waals surface area (Å²) in [6, 6.07) is 4.82. The quantitative estimate of drug-likeness (QED) is 0.810. The molecule has 0 saturated heterocycles. The first-order valence-corrected chi connectivity index (χ1v) is 7.65. The van der Waals surface area contributed by atoms with Gasteiger partial charge in [-0.25, -0.2) is 9.37 Å². The molecule has 2 nitrogen and oxygen atoms in total. The predicted octanol–water partition coefficient (Wildman–Crippen LogP) is 4.75. The van der Waals surface area contributed by atoms with E-state index in [0.29, 0.717) is 11.6 Å². The fourth-order valence-electron chi connectivity index (χ4n) is 2.27. The van der Waals surface area contributed by atoms with Gasteiger partial charge in [0, 0.05) is 16.4 Å². The van der Waals surface area contributed by atoms with Crippen molar-refractivity contribution in [2.75, 3.05) is 7.05 Å². The van der Waals surface area contributed by atoms with Gasteiger partial charge in [-0.1, -0.05) is 11.6 Å². The summed E-state index contributed by atoms with van der Waals surface area (Å²) >= 11 is 7.60. The molecule has 0 fully saturated rings. The molecular formula is C15H18ClFN2S. The lowest BCUT2D eigenvalue weighted by Gasteiger charge is -2.24. The van der Waals surface area contributed by atoms with E-state index >= 15 is 0 Å². The average Bonchev–Trinajstić information content (AvgIpc) is 2.66. The third-order valence-corrected chi connectivity index (χ3v) is 4.47. The zero-order valence-corrected chi connectivity index (χ0v) is 13.6. The topological polar surface area (TPSA) is 16.1 Å². The molecule has 0 aliphatic rings. The fourth-order valence-corrected chi connectivity index (χ4v) is 3.42. The minimum Gasteiger partial charge on any atom is -0.294 e. The Bertz CT molecular complexity index is 592. The fraction of sp³-hybridized carbons (Fsp3) is 0.400. The summed E-state index contributed by atoms with van der Waals surface area (Å²) in [7, 11) is 2.01. The summed E-state index contributed by atoms with van der Waals surface area (Å²) in [5, 5.41) is 1.51. The molecule has 0 radical (unpaired) electrons. The van der Waals surface area contributed by atoms with Crippen LogP contribution in [0.1, 0.15) is 34.1 Å². The molecule has 0 saturated carbocycles. The Morgan fingerprint density at radius 1 is 1.35 bits per heavy atom. The maximum atomic E-state index is 13.4. The smallest absolute Gasteiger partial charge is 0.125 e. The summed E-state index contributed by atoms with van der Waals surface area (Å²) in [5.74, 6) is -0.297. The number of aryl methyl sites for hydroxylation is 2. The minimum atomic E-state index is -0.297. The lowest BCUT2D eigenvalue weighted by atomic mass is 10.1. The van der Waals surface area contributed by atoms with Gasteiger partial charge in [-0.3, -0.25) is 4.90 Å². The van der Waals surface area contributed by atoms with Crippen LogP contribution in [-0.4, -0.2) is 16.9 Å². The van der Waals surface area contributed by atoms with Crippen LogP contribution >= 0.6 is 22.9 Å². The van der Waals surface area contributed by atoms with Crippen LogP contribution in [0, 0.1) is 19.7 Å². The number of halogens is 2. The molecule has 1 aromatic carbocycles. The van der Waals surface area contributed by atoms with E-state index in [1.165, 1.54) is 17.0 Å². The first kappa shape index (κ1) is 15.4. The normalized spacial score (nSPS) is 12.9. The van der Waals surface area contributed by atoms with Gasteiger partial charge >= 0.3 is 0 Å². The Morgan fingerprint density at radius 2 is 2.05 bits per heavy atom. The van der Waals surface area contributed by atoms with Gasteiger partial charge in [0.1, 0.15) is 5.82 Å². The second kappa shape index (κ2) is 6.20. The van der Waals surface area contributed by atoms with Crippen LogP contribution in [0.15, 0.2) is 18.2 Å². The molecule has 0 spiro atoms. The van der Waals surface area contributed by atoms with Gasteiger partial charge in [0.25, 0.3) is 0 Å². The molecule has 5 heteroatoms. The second-order valence-corrected chi connectivity index (χ2v) is 6.89. The molecule has 0 N–H and O–H groups in total. The molecule has 20 heavy (non-hydrogen) atoms. The number of hydrogen-bond donors (Lipinski definition) is 0. The molecule has 1 atom stereocenters. The van der Waals surface area contributed by atoms with Gasteiger partial charge in [0.2, 0.25) is 0 Å². The molecule has 2 aromatic rings. The minimum absolute atomic E-state index is 0.182. The van der Waals surface area contributed by atoms with Gasteiger partial charge in [-0.2, -0.15) is 0 Å². The van der Waals surface area contributed by atoms with Gasteiger partial charge in [0.05, 0.1) is 16.7 Å². The van der Waals surface area contributed by atoms with Crippen LogP contribution in [-0.2, 0) is 6.54 Å². The number of benzene rings is 1. The Labute approximate surface area is 128 Å². The molecule has 1 unspecified atom stereocenters. The zero-order valence-electron chi connectivity index (χ0n) is 12.1. The van der Waals surface area contributed by atoms with E-state index in [9.17, 15) is 4.39 Å². The SMILES string of the molecule is Cc1nc(C(C)N(C)Cc2cc(F)cc(Cl)c2)c(C)s1. The number of aromatic nitrogens is 1.